The van der Waals surface area contributed by atoms with E-state index < -0.39 is 0 Å². The van der Waals surface area contributed by atoms with E-state index in [4.69, 9.17) is 19.9 Å². The van der Waals surface area contributed by atoms with Crippen molar-refractivity contribution in [3.63, 3.8) is 0 Å². The number of fused-ring (bicyclic) bond motifs is 4. The van der Waals surface area contributed by atoms with Gasteiger partial charge in [-0.05, 0) is 64.3 Å². The van der Waals surface area contributed by atoms with Gasteiger partial charge in [0.1, 0.15) is 5.82 Å². The first kappa shape index (κ1) is 35.5. The molecule has 6 nitrogen and oxygen atoms in total. The molecule has 0 fully saturated rings. The monoisotopic (exact) mass is 862 g/mol. The van der Waals surface area contributed by atoms with Gasteiger partial charge in [0.15, 0.2) is 12.6 Å². The fraction of sp³-hybridized carbons (Fsp3) is 0.227. The van der Waals surface area contributed by atoms with Gasteiger partial charge >= 0.3 is 21.1 Å². The fourth-order valence-corrected chi connectivity index (χ4v) is 7.25. The smallest absolute Gasteiger partial charge is 0.684 e. The predicted molar refractivity (Wildman–Crippen MR) is 212 cm³/mol. The Labute approximate surface area is 321 Å². The molecule has 0 atom stereocenters. The number of hydrogen-bond donors (Lipinski definition) is 0. The molecule has 0 amide bonds. The summed E-state index contributed by atoms with van der Waals surface area (Å²) in [5.74, 6) is 2.59. The number of ether oxygens (including phenoxy) is 1. The zero-order valence-corrected chi connectivity index (χ0v) is 32.9. The van der Waals surface area contributed by atoms with E-state index in [0.717, 1.165) is 44.6 Å². The second-order valence-electron chi connectivity index (χ2n) is 15.1. The molecule has 0 saturated carbocycles. The van der Waals surface area contributed by atoms with Gasteiger partial charge in [-0.15, -0.1) is 17.8 Å². The molecule has 3 aromatic heterocycles. The van der Waals surface area contributed by atoms with Crippen molar-refractivity contribution < 1.29 is 25.8 Å². The number of para-hydroxylation sites is 3. The topological polar surface area (TPSA) is 57.3 Å². The van der Waals surface area contributed by atoms with Crippen molar-refractivity contribution in [1.82, 2.24) is 14.5 Å². The van der Waals surface area contributed by atoms with Crippen molar-refractivity contribution in [3.05, 3.63) is 143 Å². The summed E-state index contributed by atoms with van der Waals surface area (Å²) in [6.07, 6.45) is 1.89. The van der Waals surface area contributed by atoms with Crippen LogP contribution >= 0.6 is 0 Å². The van der Waals surface area contributed by atoms with Crippen LogP contribution in [0.15, 0.2) is 115 Å². The van der Waals surface area contributed by atoms with Crippen LogP contribution in [0.2, 0.25) is 0 Å². The van der Waals surface area contributed by atoms with Gasteiger partial charge in [0, 0.05) is 40.2 Å². The molecule has 0 bridgehead atoms. The van der Waals surface area contributed by atoms with Gasteiger partial charge in [-0.1, -0.05) is 103 Å². The molecule has 0 spiro atoms. The first-order valence-corrected chi connectivity index (χ1v) is 17.9. The van der Waals surface area contributed by atoms with Crippen molar-refractivity contribution >= 4 is 51.4 Å². The second-order valence-corrected chi connectivity index (χ2v) is 15.1. The first-order chi connectivity index (χ1) is 24.6. The van der Waals surface area contributed by atoms with Crippen LogP contribution in [-0.4, -0.2) is 21.5 Å². The van der Waals surface area contributed by atoms with Crippen LogP contribution in [0, 0.1) is 6.07 Å². The summed E-state index contributed by atoms with van der Waals surface area (Å²) in [5, 5.41) is 7.44. The quantitative estimate of drug-likeness (QED) is 0.118. The molecule has 0 radical (unpaired) electrons. The van der Waals surface area contributed by atoms with Gasteiger partial charge in [0.05, 0.1) is 5.52 Å². The zero-order chi connectivity index (χ0) is 35.4. The van der Waals surface area contributed by atoms with E-state index in [0.29, 0.717) is 23.5 Å². The molecule has 0 N–H and O–H groups in total. The number of rotatable bonds is 7. The summed E-state index contributed by atoms with van der Waals surface area (Å²) in [6, 6.07) is 41.4. The van der Waals surface area contributed by atoms with Crippen molar-refractivity contribution in [2.75, 3.05) is 4.81 Å². The molecule has 8 heteroatoms. The summed E-state index contributed by atoms with van der Waals surface area (Å²) in [5.41, 5.74) is 9.87. The zero-order valence-electron chi connectivity index (χ0n) is 30.7. The minimum Gasteiger partial charge on any atom is -0.684 e. The Balaban J connectivity index is 0.00000420. The third kappa shape index (κ3) is 6.30. The SMILES string of the molecule is CC(C)c1cccc(C(C)C)c1N1B(c2[c-]c(Oc3ccc4c5ccccc5n(-c5cc(C(C)(C)C)ccn5)c4n3)ccc2)[N-]c2ccccc21.[Pt+2]. The third-order valence-corrected chi connectivity index (χ3v) is 9.85. The van der Waals surface area contributed by atoms with Crippen LogP contribution in [-0.2, 0) is 26.5 Å². The van der Waals surface area contributed by atoms with Crippen LogP contribution in [0.5, 0.6) is 11.6 Å². The molecule has 0 saturated heterocycles. The molecular formula is C44H42BN5OPt. The number of anilines is 2. The Hall–Kier alpha value is -4.87. The summed E-state index contributed by atoms with van der Waals surface area (Å²) in [4.78, 5) is 12.3. The van der Waals surface area contributed by atoms with Crippen molar-refractivity contribution in [3.8, 4) is 17.4 Å². The fourth-order valence-electron chi connectivity index (χ4n) is 7.25. The molecule has 8 rings (SSSR count). The van der Waals surface area contributed by atoms with Gasteiger partial charge in [-0.25, -0.2) is 4.98 Å². The minimum atomic E-state index is -0.303. The number of pyridine rings is 2. The maximum absolute atomic E-state index is 6.53. The van der Waals surface area contributed by atoms with Crippen LogP contribution in [0.3, 0.4) is 0 Å². The molecule has 7 aromatic rings. The van der Waals surface area contributed by atoms with Gasteiger partial charge in [-0.2, -0.15) is 22.6 Å². The largest absolute Gasteiger partial charge is 2.00 e. The Bertz CT molecular complexity index is 2390. The van der Waals surface area contributed by atoms with Crippen LogP contribution in [0.25, 0.3) is 33.0 Å². The Morgan fingerprint density at radius 3 is 2.23 bits per heavy atom. The van der Waals surface area contributed by atoms with E-state index in [1.165, 1.54) is 22.4 Å². The second kappa shape index (κ2) is 13.9. The van der Waals surface area contributed by atoms with Gasteiger partial charge in [-0.3, -0.25) is 4.57 Å². The Morgan fingerprint density at radius 2 is 1.48 bits per heavy atom. The minimum absolute atomic E-state index is 0. The van der Waals surface area contributed by atoms with Crippen molar-refractivity contribution in [1.29, 1.82) is 0 Å². The van der Waals surface area contributed by atoms with E-state index in [-0.39, 0.29) is 33.5 Å². The molecule has 52 heavy (non-hydrogen) atoms. The van der Waals surface area contributed by atoms with Crippen LogP contribution in [0.1, 0.15) is 77.0 Å². The molecule has 1 aliphatic rings. The number of benzene rings is 4. The Kier molecular flexibility index (Phi) is 9.52. The van der Waals surface area contributed by atoms with E-state index in [1.54, 1.807) is 0 Å². The van der Waals surface area contributed by atoms with Crippen molar-refractivity contribution in [2.45, 2.75) is 65.7 Å². The van der Waals surface area contributed by atoms with Gasteiger partial charge in [0.2, 0.25) is 5.88 Å². The molecule has 1 aliphatic heterocycles. The molecular weight excluding hydrogens is 820 g/mol. The maximum atomic E-state index is 6.53. The van der Waals surface area contributed by atoms with Crippen LogP contribution in [0.4, 0.5) is 17.1 Å². The molecule has 0 aliphatic carbocycles. The maximum Gasteiger partial charge on any atom is 2.00 e. The van der Waals surface area contributed by atoms with Crippen LogP contribution < -0.4 is 15.0 Å². The van der Waals surface area contributed by atoms with E-state index >= 15 is 0 Å². The van der Waals surface area contributed by atoms with Gasteiger partial charge < -0.3 is 14.8 Å². The first-order valence-electron chi connectivity index (χ1n) is 17.9. The molecule has 4 heterocycles. The van der Waals surface area contributed by atoms with E-state index in [9.17, 15) is 0 Å². The number of aromatic nitrogens is 3. The molecule has 4 aromatic carbocycles. The normalized spacial score (nSPS) is 12.8. The summed E-state index contributed by atoms with van der Waals surface area (Å²) in [6.45, 7) is 15.4. The number of hydrogen-bond acceptors (Lipinski definition) is 4. The van der Waals surface area contributed by atoms with Gasteiger partial charge in [0.25, 0.3) is 0 Å². The summed E-state index contributed by atoms with van der Waals surface area (Å²) < 4.78 is 8.67. The standard InChI is InChI=1S/C44H42BN5O.Pt/c1-28(2)33-17-13-18-34(29(3)4)42(33)50-39-21-11-9-19-37(39)48-45(50)31-14-12-15-32(27-31)51-41-23-22-36-35-16-8-10-20-38(35)49(43(36)47-41)40-26-30(24-25-46-40)44(5,6)7;/h8-26,28-29H,1-7H3;/q-2;+2. The Morgan fingerprint density at radius 1 is 0.769 bits per heavy atom. The van der Waals surface area contributed by atoms with Crippen molar-refractivity contribution in [2.24, 2.45) is 0 Å². The average molecular weight is 863 g/mol. The summed E-state index contributed by atoms with van der Waals surface area (Å²) >= 11 is 0. The average Bonchev–Trinajstić information content (AvgIpc) is 3.67. The predicted octanol–water partition coefficient (Wildman–Crippen LogP) is 11.3. The van der Waals surface area contributed by atoms with E-state index in [2.05, 4.69) is 155 Å². The number of nitrogens with zero attached hydrogens (tertiary/aromatic N) is 5. The third-order valence-electron chi connectivity index (χ3n) is 9.85. The summed E-state index contributed by atoms with van der Waals surface area (Å²) in [7, 11) is 0. The molecule has 0 unspecified atom stereocenters. The van der Waals surface area contributed by atoms with E-state index in [1.807, 2.05) is 24.4 Å². The molecule has 262 valence electrons.